The summed E-state index contributed by atoms with van der Waals surface area (Å²) in [7, 11) is 0. The molecule has 0 amide bonds. The van der Waals surface area contributed by atoms with E-state index in [1.165, 1.54) is 88.0 Å². The van der Waals surface area contributed by atoms with Gasteiger partial charge in [-0.05, 0) is 167 Å². The number of fused-ring (bicyclic) bond motifs is 6. The lowest BCUT2D eigenvalue weighted by molar-refractivity contribution is 0.660. The average Bonchev–Trinajstić information content (AvgIpc) is 3.66. The Morgan fingerprint density at radius 2 is 0.704 bits per heavy atom. The molecule has 12 aromatic rings. The molecule has 0 radical (unpaired) electrons. The third-order valence-electron chi connectivity index (χ3n) is 14.8. The fourth-order valence-electron chi connectivity index (χ4n) is 11.5. The van der Waals surface area contributed by atoms with Crippen LogP contribution in [0.15, 0.2) is 267 Å². The zero-order valence-electron chi connectivity index (χ0n) is 39.8. The van der Waals surface area contributed by atoms with Crippen LogP contribution >= 0.6 is 0 Å². The summed E-state index contributed by atoms with van der Waals surface area (Å²) in [5.41, 5.74) is 19.1. The minimum absolute atomic E-state index is 0.132. The van der Waals surface area contributed by atoms with Crippen molar-refractivity contribution in [2.75, 3.05) is 9.80 Å². The van der Waals surface area contributed by atoms with E-state index >= 15 is 0 Å². The maximum atomic E-state index is 2.47. The molecule has 0 fully saturated rings. The van der Waals surface area contributed by atoms with Crippen molar-refractivity contribution in [2.45, 2.75) is 19.3 Å². The predicted octanol–water partition coefficient (Wildman–Crippen LogP) is 19.4. The van der Waals surface area contributed by atoms with Crippen molar-refractivity contribution >= 4 is 66.4 Å². The van der Waals surface area contributed by atoms with Crippen molar-refractivity contribution in [3.05, 3.63) is 278 Å². The number of benzene rings is 12. The Morgan fingerprint density at radius 1 is 0.254 bits per heavy atom. The number of rotatable bonds is 9. The van der Waals surface area contributed by atoms with Crippen molar-refractivity contribution < 1.29 is 0 Å². The van der Waals surface area contributed by atoms with Gasteiger partial charge in [0.05, 0.1) is 0 Å². The molecule has 0 aliphatic heterocycles. The third-order valence-corrected chi connectivity index (χ3v) is 14.8. The Bertz CT molecular complexity index is 3910. The van der Waals surface area contributed by atoms with Gasteiger partial charge in [0.1, 0.15) is 0 Å². The van der Waals surface area contributed by atoms with E-state index in [2.05, 4.69) is 291 Å². The van der Waals surface area contributed by atoms with Crippen LogP contribution in [0.5, 0.6) is 0 Å². The van der Waals surface area contributed by atoms with Crippen LogP contribution in [0.4, 0.5) is 34.1 Å². The monoisotopic (exact) mass is 906 g/mol. The summed E-state index contributed by atoms with van der Waals surface area (Å²) in [5, 5.41) is 7.19. The van der Waals surface area contributed by atoms with Gasteiger partial charge in [0.25, 0.3) is 0 Å². The minimum atomic E-state index is -0.132. The molecule has 1 aliphatic rings. The molecular formula is C69H50N2. The van der Waals surface area contributed by atoms with E-state index in [0.717, 1.165) is 34.1 Å². The number of hydrogen-bond donors (Lipinski definition) is 0. The van der Waals surface area contributed by atoms with Crippen LogP contribution in [0.1, 0.15) is 25.0 Å². The maximum absolute atomic E-state index is 2.47. The summed E-state index contributed by atoms with van der Waals surface area (Å²) in [6.07, 6.45) is 0. The van der Waals surface area contributed by atoms with Gasteiger partial charge in [0.15, 0.2) is 0 Å². The molecule has 12 aromatic carbocycles. The molecule has 1 aliphatic carbocycles. The highest BCUT2D eigenvalue weighted by molar-refractivity contribution is 6.23. The van der Waals surface area contributed by atoms with Gasteiger partial charge in [0.2, 0.25) is 0 Å². The molecule has 336 valence electrons. The highest BCUT2D eigenvalue weighted by Crippen LogP contribution is 2.53. The Kier molecular flexibility index (Phi) is 10.2. The first-order chi connectivity index (χ1) is 35.0. The van der Waals surface area contributed by atoms with Crippen LogP contribution in [0, 0.1) is 0 Å². The van der Waals surface area contributed by atoms with E-state index in [1.807, 2.05) is 0 Å². The summed E-state index contributed by atoms with van der Waals surface area (Å²) in [6, 6.07) is 98.1. The molecular weight excluding hydrogens is 857 g/mol. The van der Waals surface area contributed by atoms with Crippen LogP contribution < -0.4 is 9.80 Å². The van der Waals surface area contributed by atoms with Gasteiger partial charge in [-0.25, -0.2) is 0 Å². The molecule has 0 saturated heterocycles. The fraction of sp³-hybridized carbons (Fsp3) is 0.0435. The van der Waals surface area contributed by atoms with Gasteiger partial charge in [-0.3, -0.25) is 0 Å². The molecule has 0 aromatic heterocycles. The smallest absolute Gasteiger partial charge is 0.0468 e. The van der Waals surface area contributed by atoms with Gasteiger partial charge in [-0.1, -0.05) is 202 Å². The number of nitrogens with zero attached hydrogens (tertiary/aromatic N) is 2. The Hall–Kier alpha value is -8.98. The van der Waals surface area contributed by atoms with Crippen molar-refractivity contribution in [2.24, 2.45) is 0 Å². The minimum Gasteiger partial charge on any atom is -0.310 e. The molecule has 71 heavy (non-hydrogen) atoms. The van der Waals surface area contributed by atoms with Crippen molar-refractivity contribution in [1.82, 2.24) is 0 Å². The lowest BCUT2D eigenvalue weighted by Crippen LogP contribution is -2.14. The van der Waals surface area contributed by atoms with Gasteiger partial charge in [0, 0.05) is 39.5 Å². The SMILES string of the molecule is CC1(C)c2ccccc2-c2ccc(-c3ccccc3-c3c4ccc(N(c5ccccc5)c5ccc6ccccc6c5)cc4c(-c4ccccc4)c4ccc(N(c5ccccc5)c5ccccc5)cc34)cc21. The maximum Gasteiger partial charge on any atom is 0.0468 e. The van der Waals surface area contributed by atoms with Crippen LogP contribution in [0.25, 0.3) is 76.8 Å². The van der Waals surface area contributed by atoms with Crippen molar-refractivity contribution in [3.63, 3.8) is 0 Å². The highest BCUT2D eigenvalue weighted by atomic mass is 15.1. The lowest BCUT2D eigenvalue weighted by Gasteiger charge is -2.28. The van der Waals surface area contributed by atoms with Crippen molar-refractivity contribution in [1.29, 1.82) is 0 Å². The Morgan fingerprint density at radius 3 is 1.34 bits per heavy atom. The first kappa shape index (κ1) is 42.1. The Labute approximate surface area is 416 Å². The fourth-order valence-corrected chi connectivity index (χ4v) is 11.5. The molecule has 0 saturated carbocycles. The molecule has 0 spiro atoms. The van der Waals surface area contributed by atoms with E-state index in [0.29, 0.717) is 0 Å². The van der Waals surface area contributed by atoms with Gasteiger partial charge >= 0.3 is 0 Å². The largest absolute Gasteiger partial charge is 0.310 e. The van der Waals surface area contributed by atoms with Crippen molar-refractivity contribution in [3.8, 4) is 44.5 Å². The van der Waals surface area contributed by atoms with E-state index < -0.39 is 0 Å². The normalized spacial score (nSPS) is 12.5. The Balaban J connectivity index is 1.12. The van der Waals surface area contributed by atoms with Crippen LogP contribution in [0.3, 0.4) is 0 Å². The number of anilines is 6. The van der Waals surface area contributed by atoms with E-state index in [4.69, 9.17) is 0 Å². The van der Waals surface area contributed by atoms with Gasteiger partial charge in [-0.15, -0.1) is 0 Å². The topological polar surface area (TPSA) is 6.48 Å². The van der Waals surface area contributed by atoms with E-state index in [-0.39, 0.29) is 5.41 Å². The predicted molar refractivity (Wildman–Crippen MR) is 302 cm³/mol. The molecule has 2 nitrogen and oxygen atoms in total. The standard InChI is InChI=1S/C69H50N2/c1-69(2)65-34-20-19-32-58(65)59-40-36-50(44-66(59)69)57-31-17-18-33-60(57)68-62-42-39-56(71(53-29-13-6-14-30-53)54-37-35-47-21-15-16-24-49(47)43-54)45-63(62)67(48-22-7-3-8-23-48)61-41-38-55(46-64(61)68)70(51-25-9-4-10-26-51)52-27-11-5-12-28-52/h3-46H,1-2H3. The second-order valence-corrected chi connectivity index (χ2v) is 19.3. The molecule has 0 N–H and O–H groups in total. The lowest BCUT2D eigenvalue weighted by atomic mass is 9.80. The van der Waals surface area contributed by atoms with Crippen LogP contribution in [-0.4, -0.2) is 0 Å². The zero-order chi connectivity index (χ0) is 47.5. The summed E-state index contributed by atoms with van der Waals surface area (Å²) in [6.45, 7) is 4.75. The molecule has 0 atom stereocenters. The zero-order valence-corrected chi connectivity index (χ0v) is 39.8. The van der Waals surface area contributed by atoms with E-state index in [9.17, 15) is 0 Å². The first-order valence-corrected chi connectivity index (χ1v) is 24.7. The summed E-state index contributed by atoms with van der Waals surface area (Å²) >= 11 is 0. The quantitative estimate of drug-likeness (QED) is 0.133. The highest BCUT2D eigenvalue weighted by Gasteiger charge is 2.35. The molecule has 0 heterocycles. The van der Waals surface area contributed by atoms with Crippen LogP contribution in [0.2, 0.25) is 0 Å². The van der Waals surface area contributed by atoms with Crippen LogP contribution in [-0.2, 0) is 5.41 Å². The molecule has 2 heteroatoms. The second kappa shape index (κ2) is 17.2. The summed E-state index contributed by atoms with van der Waals surface area (Å²) in [4.78, 5) is 4.79. The van der Waals surface area contributed by atoms with E-state index in [1.54, 1.807) is 0 Å². The van der Waals surface area contributed by atoms with Gasteiger partial charge < -0.3 is 9.80 Å². The molecule has 0 bridgehead atoms. The number of para-hydroxylation sites is 3. The van der Waals surface area contributed by atoms with Gasteiger partial charge in [-0.2, -0.15) is 0 Å². The number of hydrogen-bond acceptors (Lipinski definition) is 2. The first-order valence-electron chi connectivity index (χ1n) is 24.7. The molecule has 13 rings (SSSR count). The third kappa shape index (κ3) is 7.18. The average molecular weight is 907 g/mol. The second-order valence-electron chi connectivity index (χ2n) is 19.3. The summed E-state index contributed by atoms with van der Waals surface area (Å²) in [5.74, 6) is 0. The molecule has 0 unspecified atom stereocenters. The summed E-state index contributed by atoms with van der Waals surface area (Å²) < 4.78 is 0.